The molecule has 1 fully saturated rings. The van der Waals surface area contributed by atoms with E-state index in [1.807, 2.05) is 0 Å². The maximum absolute atomic E-state index is 14.2. The Kier molecular flexibility index (Phi) is 8.29. The Balaban J connectivity index is 1.81. The Morgan fingerprint density at radius 2 is 1.74 bits per heavy atom. The monoisotopic (exact) mass is 477 g/mol. The van der Waals surface area contributed by atoms with E-state index in [-0.39, 0.29) is 35.8 Å². The molecule has 0 aliphatic heterocycles. The number of halogens is 3. The van der Waals surface area contributed by atoms with Crippen LogP contribution in [0.1, 0.15) is 64.0 Å². The fourth-order valence-corrected chi connectivity index (χ4v) is 4.67. The molecule has 0 radical (unpaired) electrons. The second kappa shape index (κ2) is 10.8. The van der Waals surface area contributed by atoms with Crippen molar-refractivity contribution in [2.75, 3.05) is 6.54 Å². The molecule has 3 rings (SSSR count). The van der Waals surface area contributed by atoms with Gasteiger partial charge in [-0.05, 0) is 65.8 Å². The Bertz CT molecular complexity index is 974. The Labute approximate surface area is 199 Å². The Morgan fingerprint density at radius 1 is 1.06 bits per heavy atom. The molecule has 0 heterocycles. The molecule has 0 bridgehead atoms. The van der Waals surface area contributed by atoms with Gasteiger partial charge in [-0.25, -0.2) is 0 Å². The molecule has 0 spiro atoms. The highest BCUT2D eigenvalue weighted by Gasteiger charge is 2.39. The molecule has 1 saturated carbocycles. The van der Waals surface area contributed by atoms with Crippen LogP contribution in [0.5, 0.6) is 5.75 Å². The maximum atomic E-state index is 14.2. The number of nitrogens with one attached hydrogen (secondary N) is 1. The smallest absolute Gasteiger partial charge is 0.420 e. The Morgan fingerprint density at radius 3 is 2.35 bits per heavy atom. The van der Waals surface area contributed by atoms with Gasteiger partial charge in [0.15, 0.2) is 0 Å². The van der Waals surface area contributed by atoms with Gasteiger partial charge in [0.2, 0.25) is 0 Å². The summed E-state index contributed by atoms with van der Waals surface area (Å²) in [5.41, 5.74) is 0.759. The number of benzene rings is 2. The highest BCUT2D eigenvalue weighted by atomic mass is 19.4. The van der Waals surface area contributed by atoms with Gasteiger partial charge in [-0.1, -0.05) is 51.1 Å². The summed E-state index contributed by atoms with van der Waals surface area (Å²) in [5, 5.41) is 11.8. The van der Waals surface area contributed by atoms with Gasteiger partial charge in [-0.3, -0.25) is 4.79 Å². The van der Waals surface area contributed by atoms with Crippen molar-refractivity contribution < 1.29 is 27.8 Å². The van der Waals surface area contributed by atoms with E-state index >= 15 is 0 Å². The zero-order valence-electron chi connectivity index (χ0n) is 20.0. The van der Waals surface area contributed by atoms with Crippen molar-refractivity contribution in [3.05, 3.63) is 53.6 Å². The minimum Gasteiger partial charge on any atom is -0.490 e. The van der Waals surface area contributed by atoms with Crippen LogP contribution in [0.3, 0.4) is 0 Å². The van der Waals surface area contributed by atoms with Gasteiger partial charge >= 0.3 is 12.1 Å². The topological polar surface area (TPSA) is 58.6 Å². The molecule has 0 atom stereocenters. The Hall–Kier alpha value is -2.54. The van der Waals surface area contributed by atoms with Crippen molar-refractivity contribution in [3.63, 3.8) is 0 Å². The molecule has 186 valence electrons. The molecule has 0 unspecified atom stereocenters. The first-order valence-electron chi connectivity index (χ1n) is 11.8. The van der Waals surface area contributed by atoms with E-state index in [1.165, 1.54) is 12.1 Å². The number of hydrogen-bond donors (Lipinski definition) is 2. The van der Waals surface area contributed by atoms with Crippen molar-refractivity contribution in [1.29, 1.82) is 0 Å². The summed E-state index contributed by atoms with van der Waals surface area (Å²) in [7, 11) is 0. The third kappa shape index (κ3) is 6.98. The molecule has 4 nitrogen and oxygen atoms in total. The van der Waals surface area contributed by atoms with Crippen molar-refractivity contribution in [3.8, 4) is 16.9 Å². The predicted octanol–water partition coefficient (Wildman–Crippen LogP) is 6.92. The van der Waals surface area contributed by atoms with Gasteiger partial charge in [0.05, 0.1) is 12.5 Å². The SMILES string of the molecule is CC(C)(C)[C@H]1CC[C@H](Oc2cccc(-c3cccc(CNCCC(=O)O)c3)c2C(F)(F)F)CC1. The van der Waals surface area contributed by atoms with Crippen LogP contribution in [0, 0.1) is 11.3 Å². The number of alkyl halides is 3. The molecule has 0 amide bonds. The van der Waals surface area contributed by atoms with Crippen LogP contribution in [0.15, 0.2) is 42.5 Å². The molecule has 34 heavy (non-hydrogen) atoms. The van der Waals surface area contributed by atoms with Crippen molar-refractivity contribution in [1.82, 2.24) is 5.32 Å². The average Bonchev–Trinajstić information content (AvgIpc) is 2.76. The van der Waals surface area contributed by atoms with Crippen LogP contribution in [-0.4, -0.2) is 23.7 Å². The van der Waals surface area contributed by atoms with E-state index < -0.39 is 17.7 Å². The first kappa shape index (κ1) is 26.1. The summed E-state index contributed by atoms with van der Waals surface area (Å²) in [6.07, 6.45) is -1.40. The van der Waals surface area contributed by atoms with E-state index in [0.717, 1.165) is 31.2 Å². The maximum Gasteiger partial charge on any atom is 0.420 e. The minimum atomic E-state index is -4.57. The lowest BCUT2D eigenvalue weighted by Gasteiger charge is -2.37. The van der Waals surface area contributed by atoms with Crippen molar-refractivity contribution in [2.24, 2.45) is 11.3 Å². The van der Waals surface area contributed by atoms with Gasteiger partial charge in [-0.2, -0.15) is 13.2 Å². The van der Waals surface area contributed by atoms with Crippen LogP contribution in [0.4, 0.5) is 13.2 Å². The third-order valence-electron chi connectivity index (χ3n) is 6.59. The number of carbonyl (C=O) groups is 1. The second-order valence-electron chi connectivity index (χ2n) is 10.2. The molecule has 0 aromatic heterocycles. The molecule has 2 aromatic rings. The van der Waals surface area contributed by atoms with Gasteiger partial charge in [0.25, 0.3) is 0 Å². The number of rotatable bonds is 8. The van der Waals surface area contributed by atoms with Crippen molar-refractivity contribution >= 4 is 5.97 Å². The number of aliphatic carboxylic acids is 1. The normalized spacial score (nSPS) is 19.1. The molecular formula is C27H34F3NO3. The summed E-state index contributed by atoms with van der Waals surface area (Å²) >= 11 is 0. The van der Waals surface area contributed by atoms with Crippen LogP contribution in [0.2, 0.25) is 0 Å². The van der Waals surface area contributed by atoms with Crippen LogP contribution < -0.4 is 10.1 Å². The predicted molar refractivity (Wildman–Crippen MR) is 127 cm³/mol. The zero-order valence-corrected chi connectivity index (χ0v) is 20.0. The van der Waals surface area contributed by atoms with Crippen molar-refractivity contribution in [2.45, 2.75) is 71.7 Å². The van der Waals surface area contributed by atoms with E-state index in [2.05, 4.69) is 26.1 Å². The molecule has 2 N–H and O–H groups in total. The van der Waals surface area contributed by atoms with Gasteiger partial charge in [0.1, 0.15) is 11.3 Å². The van der Waals surface area contributed by atoms with Crippen LogP contribution in [0.25, 0.3) is 11.1 Å². The highest BCUT2D eigenvalue weighted by molar-refractivity contribution is 5.71. The summed E-state index contributed by atoms with van der Waals surface area (Å²) in [4.78, 5) is 10.7. The first-order valence-corrected chi connectivity index (χ1v) is 11.8. The standard InChI is InChI=1S/C27H34F3NO3/c1-26(2,3)20-10-12-21(13-11-20)34-23-9-5-8-22(25(23)27(28,29)30)19-7-4-6-18(16-19)17-31-15-14-24(32)33/h4-9,16,20-21,31H,10-15,17H2,1-3H3,(H,32,33)/t20-,21-. The molecule has 0 saturated heterocycles. The fraction of sp³-hybridized carbons (Fsp3) is 0.519. The molecule has 1 aliphatic rings. The highest BCUT2D eigenvalue weighted by Crippen LogP contribution is 2.45. The average molecular weight is 478 g/mol. The fourth-order valence-electron chi connectivity index (χ4n) is 4.67. The van der Waals surface area contributed by atoms with E-state index in [1.54, 1.807) is 30.3 Å². The lowest BCUT2D eigenvalue weighted by Crippen LogP contribution is -2.31. The van der Waals surface area contributed by atoms with E-state index in [9.17, 15) is 18.0 Å². The quantitative estimate of drug-likeness (QED) is 0.405. The lowest BCUT2D eigenvalue weighted by molar-refractivity contribution is -0.139. The zero-order chi connectivity index (χ0) is 24.9. The first-order chi connectivity index (χ1) is 15.9. The summed E-state index contributed by atoms with van der Waals surface area (Å²) in [6.45, 7) is 7.28. The van der Waals surface area contributed by atoms with E-state index in [0.29, 0.717) is 18.0 Å². The van der Waals surface area contributed by atoms with Gasteiger partial charge in [-0.15, -0.1) is 0 Å². The molecular weight excluding hydrogens is 443 g/mol. The molecule has 1 aliphatic carbocycles. The number of carboxylic acid groups (broad SMARTS) is 1. The van der Waals surface area contributed by atoms with Crippen LogP contribution >= 0.6 is 0 Å². The molecule has 2 aromatic carbocycles. The summed E-state index contributed by atoms with van der Waals surface area (Å²) in [6, 6.07) is 11.4. The minimum absolute atomic E-state index is 0.0189. The third-order valence-corrected chi connectivity index (χ3v) is 6.59. The lowest BCUT2D eigenvalue weighted by atomic mass is 9.72. The number of hydrogen-bond acceptors (Lipinski definition) is 3. The summed E-state index contributed by atoms with van der Waals surface area (Å²) < 4.78 is 48.7. The largest absolute Gasteiger partial charge is 0.490 e. The van der Waals surface area contributed by atoms with Gasteiger partial charge in [0, 0.05) is 13.1 Å². The summed E-state index contributed by atoms with van der Waals surface area (Å²) in [5.74, 6) is -0.471. The number of ether oxygens (including phenoxy) is 1. The van der Waals surface area contributed by atoms with Gasteiger partial charge < -0.3 is 15.2 Å². The van der Waals surface area contributed by atoms with Crippen LogP contribution in [-0.2, 0) is 17.5 Å². The second-order valence-corrected chi connectivity index (χ2v) is 10.2. The molecule has 7 heteroatoms. The van der Waals surface area contributed by atoms with E-state index in [4.69, 9.17) is 9.84 Å². The number of carboxylic acids is 1.